The first-order valence-electron chi connectivity index (χ1n) is 5.85. The van der Waals surface area contributed by atoms with E-state index in [1.165, 1.54) is 18.2 Å². The normalized spacial score (nSPS) is 10.9. The summed E-state index contributed by atoms with van der Waals surface area (Å²) in [6.07, 6.45) is 0. The maximum absolute atomic E-state index is 10.8. The smallest absolute Gasteiger partial charge is 0.270 e. The van der Waals surface area contributed by atoms with Crippen LogP contribution in [-0.4, -0.2) is 19.7 Å². The molecule has 0 saturated carbocycles. The van der Waals surface area contributed by atoms with E-state index in [1.54, 1.807) is 11.7 Å². The Hall–Kier alpha value is -2.44. The number of nitrogens with zero attached hydrogens (tertiary/aromatic N) is 4. The predicted molar refractivity (Wildman–Crippen MR) is 71.6 cm³/mol. The lowest BCUT2D eigenvalue weighted by atomic mass is 10.1. The van der Waals surface area contributed by atoms with E-state index in [9.17, 15) is 10.1 Å². The molecule has 0 fully saturated rings. The zero-order valence-electron chi connectivity index (χ0n) is 11.0. The molecule has 1 aromatic carbocycles. The number of nitrogen functional groups attached to an aromatic ring is 1. The van der Waals surface area contributed by atoms with Crippen LogP contribution in [-0.2, 0) is 7.05 Å². The molecule has 0 saturated heterocycles. The van der Waals surface area contributed by atoms with Gasteiger partial charge in [0.1, 0.15) is 0 Å². The van der Waals surface area contributed by atoms with Crippen molar-refractivity contribution in [3.63, 3.8) is 0 Å². The van der Waals surface area contributed by atoms with E-state index in [4.69, 9.17) is 5.73 Å². The van der Waals surface area contributed by atoms with E-state index in [-0.39, 0.29) is 11.6 Å². The number of hydrogen-bond acceptors (Lipinski definition) is 5. The minimum Gasteiger partial charge on any atom is -0.398 e. The van der Waals surface area contributed by atoms with Crippen molar-refractivity contribution in [1.29, 1.82) is 0 Å². The lowest BCUT2D eigenvalue weighted by Gasteiger charge is -2.04. The van der Waals surface area contributed by atoms with Crippen LogP contribution in [0.5, 0.6) is 0 Å². The van der Waals surface area contributed by atoms with E-state index in [1.807, 2.05) is 13.8 Å². The highest BCUT2D eigenvalue weighted by Crippen LogP contribution is 2.29. The zero-order valence-corrected chi connectivity index (χ0v) is 11.0. The third kappa shape index (κ3) is 2.40. The second kappa shape index (κ2) is 4.68. The summed E-state index contributed by atoms with van der Waals surface area (Å²) in [6, 6.07) is 4.30. The summed E-state index contributed by atoms with van der Waals surface area (Å²) >= 11 is 0. The third-order valence-electron chi connectivity index (χ3n) is 2.78. The number of hydrogen-bond donors (Lipinski definition) is 1. The monoisotopic (exact) mass is 261 g/mol. The second-order valence-electron chi connectivity index (χ2n) is 4.60. The van der Waals surface area contributed by atoms with Crippen LogP contribution in [0.3, 0.4) is 0 Å². The zero-order chi connectivity index (χ0) is 14.2. The molecule has 1 aromatic heterocycles. The number of nitro groups is 1. The van der Waals surface area contributed by atoms with Crippen molar-refractivity contribution < 1.29 is 4.92 Å². The van der Waals surface area contributed by atoms with Crippen molar-refractivity contribution in [2.45, 2.75) is 19.8 Å². The number of non-ortho nitro benzene ring substituents is 1. The molecule has 0 aliphatic heterocycles. The molecular formula is C12H15N5O2. The predicted octanol–water partition coefficient (Wildman–Crippen LogP) is 2.10. The van der Waals surface area contributed by atoms with Crippen LogP contribution in [0.1, 0.15) is 25.6 Å². The molecule has 0 amide bonds. The lowest BCUT2D eigenvalue weighted by molar-refractivity contribution is -0.384. The highest BCUT2D eigenvalue weighted by Gasteiger charge is 2.17. The van der Waals surface area contributed by atoms with Crippen molar-refractivity contribution in [3.05, 3.63) is 34.1 Å². The lowest BCUT2D eigenvalue weighted by Crippen LogP contribution is -1.99. The fraction of sp³-hybridized carbons (Fsp3) is 0.333. The molecule has 7 nitrogen and oxygen atoms in total. The molecular weight excluding hydrogens is 246 g/mol. The average Bonchev–Trinajstić information content (AvgIpc) is 2.72. The summed E-state index contributed by atoms with van der Waals surface area (Å²) in [6.45, 7) is 3.96. The molecule has 0 atom stereocenters. The highest BCUT2D eigenvalue weighted by atomic mass is 16.6. The quantitative estimate of drug-likeness (QED) is 0.518. The summed E-state index contributed by atoms with van der Waals surface area (Å²) in [5.41, 5.74) is 6.82. The summed E-state index contributed by atoms with van der Waals surface area (Å²) in [5, 5.41) is 15.1. The number of anilines is 1. The summed E-state index contributed by atoms with van der Waals surface area (Å²) in [5.74, 6) is 1.40. The molecule has 1 heterocycles. The number of benzene rings is 1. The van der Waals surface area contributed by atoms with Gasteiger partial charge in [0.05, 0.1) is 4.92 Å². The molecule has 2 rings (SSSR count). The first-order chi connectivity index (χ1) is 8.90. The van der Waals surface area contributed by atoms with Gasteiger partial charge in [-0.1, -0.05) is 13.8 Å². The van der Waals surface area contributed by atoms with Crippen molar-refractivity contribution in [2.24, 2.45) is 7.05 Å². The van der Waals surface area contributed by atoms with E-state index in [0.29, 0.717) is 22.9 Å². The van der Waals surface area contributed by atoms with Gasteiger partial charge in [0, 0.05) is 36.3 Å². The summed E-state index contributed by atoms with van der Waals surface area (Å²) < 4.78 is 1.59. The van der Waals surface area contributed by atoms with E-state index in [0.717, 1.165) is 0 Å². The van der Waals surface area contributed by atoms with Gasteiger partial charge in [-0.25, -0.2) is 9.67 Å². The second-order valence-corrected chi connectivity index (χ2v) is 4.60. The van der Waals surface area contributed by atoms with Crippen LogP contribution in [0.4, 0.5) is 11.4 Å². The molecule has 0 aliphatic rings. The van der Waals surface area contributed by atoms with Gasteiger partial charge in [0.15, 0.2) is 11.6 Å². The van der Waals surface area contributed by atoms with Gasteiger partial charge in [0.25, 0.3) is 5.69 Å². The Morgan fingerprint density at radius 2 is 2.11 bits per heavy atom. The van der Waals surface area contributed by atoms with Gasteiger partial charge in [-0.15, -0.1) is 0 Å². The van der Waals surface area contributed by atoms with Crippen molar-refractivity contribution in [3.8, 4) is 11.4 Å². The van der Waals surface area contributed by atoms with Gasteiger partial charge in [0.2, 0.25) is 0 Å². The molecule has 2 N–H and O–H groups in total. The summed E-state index contributed by atoms with van der Waals surface area (Å²) in [7, 11) is 1.74. The molecule has 2 aromatic rings. The van der Waals surface area contributed by atoms with Crippen LogP contribution in [0.2, 0.25) is 0 Å². The molecule has 0 bridgehead atoms. The number of aromatic nitrogens is 3. The Morgan fingerprint density at radius 1 is 1.42 bits per heavy atom. The number of nitro benzene ring substituents is 1. The molecule has 100 valence electrons. The highest BCUT2D eigenvalue weighted by molar-refractivity contribution is 5.74. The largest absolute Gasteiger partial charge is 0.398 e. The van der Waals surface area contributed by atoms with E-state index < -0.39 is 4.92 Å². The first kappa shape index (κ1) is 13.0. The van der Waals surface area contributed by atoms with Crippen LogP contribution < -0.4 is 5.73 Å². The van der Waals surface area contributed by atoms with Crippen LogP contribution in [0.25, 0.3) is 11.4 Å². The summed E-state index contributed by atoms with van der Waals surface area (Å²) in [4.78, 5) is 14.8. The average molecular weight is 261 g/mol. The number of nitrogens with two attached hydrogens (primary N) is 1. The van der Waals surface area contributed by atoms with Crippen LogP contribution in [0.15, 0.2) is 18.2 Å². The molecule has 0 spiro atoms. The SMILES string of the molecule is CC(C)c1nc(-c2cc([N+](=O)[O-])ccc2N)n(C)n1. The van der Waals surface area contributed by atoms with Gasteiger partial charge in [-0.2, -0.15) is 5.10 Å². The molecule has 19 heavy (non-hydrogen) atoms. The standard InChI is InChI=1S/C12H15N5O2/c1-7(2)11-14-12(16(3)15-11)9-6-8(17(18)19)4-5-10(9)13/h4-7H,13H2,1-3H3. The molecule has 0 radical (unpaired) electrons. The van der Waals surface area contributed by atoms with Crippen LogP contribution >= 0.6 is 0 Å². The minimum atomic E-state index is -0.456. The Labute approximate surface area is 110 Å². The van der Waals surface area contributed by atoms with Gasteiger partial charge in [-0.3, -0.25) is 10.1 Å². The van der Waals surface area contributed by atoms with Gasteiger partial charge >= 0.3 is 0 Å². The fourth-order valence-corrected chi connectivity index (χ4v) is 1.73. The Morgan fingerprint density at radius 3 is 2.63 bits per heavy atom. The minimum absolute atomic E-state index is 0.0155. The molecule has 0 unspecified atom stereocenters. The Kier molecular flexibility index (Phi) is 3.20. The topological polar surface area (TPSA) is 99.9 Å². The molecule has 0 aliphatic carbocycles. The third-order valence-corrected chi connectivity index (χ3v) is 2.78. The van der Waals surface area contributed by atoms with E-state index >= 15 is 0 Å². The maximum Gasteiger partial charge on any atom is 0.270 e. The van der Waals surface area contributed by atoms with E-state index in [2.05, 4.69) is 10.1 Å². The fourth-order valence-electron chi connectivity index (χ4n) is 1.73. The first-order valence-corrected chi connectivity index (χ1v) is 5.85. The van der Waals surface area contributed by atoms with Crippen molar-refractivity contribution in [1.82, 2.24) is 14.8 Å². The van der Waals surface area contributed by atoms with Crippen molar-refractivity contribution >= 4 is 11.4 Å². The van der Waals surface area contributed by atoms with Gasteiger partial charge < -0.3 is 5.73 Å². The number of aryl methyl sites for hydroxylation is 1. The Balaban J connectivity index is 2.57. The van der Waals surface area contributed by atoms with Crippen molar-refractivity contribution in [2.75, 3.05) is 5.73 Å². The van der Waals surface area contributed by atoms with Crippen LogP contribution in [0, 0.1) is 10.1 Å². The van der Waals surface area contributed by atoms with Gasteiger partial charge in [-0.05, 0) is 6.07 Å². The maximum atomic E-state index is 10.8. The number of rotatable bonds is 3. The Bertz CT molecular complexity index is 633. The molecule has 7 heteroatoms.